The predicted octanol–water partition coefficient (Wildman–Crippen LogP) is 1.11. The molecule has 2 N–H and O–H groups in total. The molecule has 0 spiro atoms. The summed E-state index contributed by atoms with van der Waals surface area (Å²) in [4.78, 5) is 25.4. The number of likely N-dealkylation sites (tertiary alicyclic amines) is 1. The lowest BCUT2D eigenvalue weighted by Gasteiger charge is -2.39. The smallest absolute Gasteiger partial charge is 0.233 e. The van der Waals surface area contributed by atoms with Crippen LogP contribution in [-0.2, 0) is 23.1 Å². The number of aryl methyl sites for hydroxylation is 1. The summed E-state index contributed by atoms with van der Waals surface area (Å²) in [7, 11) is 1.84. The highest BCUT2D eigenvalue weighted by atomic mass is 32.2. The van der Waals surface area contributed by atoms with Crippen molar-refractivity contribution in [1.82, 2.24) is 19.7 Å². The number of hydrogen-bond acceptors (Lipinski definition) is 5. The van der Waals surface area contributed by atoms with Gasteiger partial charge in [0.25, 0.3) is 0 Å². The van der Waals surface area contributed by atoms with Crippen molar-refractivity contribution < 1.29 is 9.59 Å². The highest BCUT2D eigenvalue weighted by Gasteiger charge is 2.29. The third-order valence-electron chi connectivity index (χ3n) is 4.33. The van der Waals surface area contributed by atoms with Crippen LogP contribution in [0.2, 0.25) is 0 Å². The minimum atomic E-state index is -0.356. The second kappa shape index (κ2) is 7.81. The van der Waals surface area contributed by atoms with Crippen molar-refractivity contribution >= 4 is 23.6 Å². The van der Waals surface area contributed by atoms with Crippen LogP contribution in [0.15, 0.2) is 5.16 Å². The lowest BCUT2D eigenvalue weighted by molar-refractivity contribution is -0.134. The fraction of sp³-hybridized carbons (Fsp3) is 0.733. The zero-order chi connectivity index (χ0) is 17.0. The molecule has 2 rings (SSSR count). The average Bonchev–Trinajstić information content (AvgIpc) is 2.83. The molecule has 0 saturated carbocycles. The molecule has 2 atom stereocenters. The Hall–Kier alpha value is -1.57. The molecule has 7 nitrogen and oxygen atoms in total. The zero-order valence-corrected chi connectivity index (χ0v) is 14.8. The number of carbonyl (C=O) groups is 2. The molecule has 0 radical (unpaired) electrons. The number of rotatable bonds is 6. The van der Waals surface area contributed by atoms with Crippen LogP contribution in [0.3, 0.4) is 0 Å². The Morgan fingerprint density at radius 3 is 2.52 bits per heavy atom. The van der Waals surface area contributed by atoms with Crippen molar-refractivity contribution in [2.45, 2.75) is 63.2 Å². The maximum atomic E-state index is 12.5. The number of nitrogens with two attached hydrogens (primary N) is 1. The van der Waals surface area contributed by atoms with Crippen LogP contribution in [-0.4, -0.2) is 49.3 Å². The van der Waals surface area contributed by atoms with E-state index in [1.807, 2.05) is 16.5 Å². The Balaban J connectivity index is 1.92. The lowest BCUT2D eigenvalue weighted by atomic mass is 9.98. The van der Waals surface area contributed by atoms with Gasteiger partial charge in [0, 0.05) is 32.0 Å². The summed E-state index contributed by atoms with van der Waals surface area (Å²) in [5.74, 6) is 0.858. The summed E-state index contributed by atoms with van der Waals surface area (Å²) in [6, 6.07) is 0.606. The van der Waals surface area contributed by atoms with E-state index in [1.165, 1.54) is 18.2 Å². The van der Waals surface area contributed by atoms with Crippen molar-refractivity contribution in [1.29, 1.82) is 0 Å². The molecule has 1 aliphatic rings. The van der Waals surface area contributed by atoms with Crippen molar-refractivity contribution in [3.05, 3.63) is 5.82 Å². The van der Waals surface area contributed by atoms with Crippen LogP contribution >= 0.6 is 11.8 Å². The summed E-state index contributed by atoms with van der Waals surface area (Å²) < 4.78 is 1.82. The van der Waals surface area contributed by atoms with Crippen LogP contribution in [0.25, 0.3) is 0 Å². The molecule has 1 aromatic heterocycles. The van der Waals surface area contributed by atoms with Gasteiger partial charge in [-0.25, -0.2) is 0 Å². The SMILES string of the molecule is C[C@@H]1CCC[C@@H](C)N1C(=O)CSc1nnc(CCC(N)=O)n1C. The summed E-state index contributed by atoms with van der Waals surface area (Å²) in [5, 5.41) is 8.86. The minimum Gasteiger partial charge on any atom is -0.370 e. The largest absolute Gasteiger partial charge is 0.370 e. The van der Waals surface area contributed by atoms with Crippen molar-refractivity contribution in [3.8, 4) is 0 Å². The van der Waals surface area contributed by atoms with Gasteiger partial charge in [0.2, 0.25) is 11.8 Å². The molecular formula is C15H25N5O2S. The number of piperidine rings is 1. The summed E-state index contributed by atoms with van der Waals surface area (Å²) >= 11 is 1.39. The topological polar surface area (TPSA) is 94.1 Å². The van der Waals surface area contributed by atoms with Crippen molar-refractivity contribution in [2.75, 3.05) is 5.75 Å². The van der Waals surface area contributed by atoms with Gasteiger partial charge >= 0.3 is 0 Å². The summed E-state index contributed by atoms with van der Waals surface area (Å²) in [5.41, 5.74) is 5.15. The predicted molar refractivity (Wildman–Crippen MR) is 88.9 cm³/mol. The quantitative estimate of drug-likeness (QED) is 0.784. The van der Waals surface area contributed by atoms with Gasteiger partial charge in [0.15, 0.2) is 5.16 Å². The third kappa shape index (κ3) is 4.46. The maximum absolute atomic E-state index is 12.5. The summed E-state index contributed by atoms with van der Waals surface area (Å²) in [6.07, 6.45) is 4.04. The maximum Gasteiger partial charge on any atom is 0.233 e. The molecule has 23 heavy (non-hydrogen) atoms. The molecule has 0 aromatic carbocycles. The molecule has 1 saturated heterocycles. The number of thioether (sulfide) groups is 1. The standard InChI is InChI=1S/C15H25N5O2S/c1-10-5-4-6-11(2)20(10)14(22)9-23-15-18-17-13(19(15)3)8-7-12(16)21/h10-11H,4-9H2,1-3H3,(H2,16,21)/t10-,11-/m1/s1. The van der Waals surface area contributed by atoms with Gasteiger partial charge in [-0.05, 0) is 33.1 Å². The first kappa shape index (κ1) is 17.8. The number of amides is 2. The first-order chi connectivity index (χ1) is 10.9. The molecule has 0 bridgehead atoms. The Labute approximate surface area is 141 Å². The normalized spacial score (nSPS) is 21.4. The van der Waals surface area contributed by atoms with Crippen LogP contribution in [0.4, 0.5) is 0 Å². The van der Waals surface area contributed by atoms with Crippen molar-refractivity contribution in [2.24, 2.45) is 12.8 Å². The van der Waals surface area contributed by atoms with E-state index < -0.39 is 0 Å². The Morgan fingerprint density at radius 1 is 1.26 bits per heavy atom. The number of nitrogens with zero attached hydrogens (tertiary/aromatic N) is 4. The Kier molecular flexibility index (Phi) is 6.04. The highest BCUT2D eigenvalue weighted by Crippen LogP contribution is 2.25. The molecular weight excluding hydrogens is 314 g/mol. The number of hydrogen-bond donors (Lipinski definition) is 1. The van der Waals surface area contributed by atoms with E-state index in [9.17, 15) is 9.59 Å². The molecule has 0 unspecified atom stereocenters. The van der Waals surface area contributed by atoms with Crippen LogP contribution in [0.5, 0.6) is 0 Å². The molecule has 2 amide bonds. The first-order valence-electron chi connectivity index (χ1n) is 8.00. The van der Waals surface area contributed by atoms with Gasteiger partial charge in [-0.15, -0.1) is 10.2 Å². The fourth-order valence-corrected chi connectivity index (χ4v) is 3.84. The Bertz CT molecular complexity index is 564. The van der Waals surface area contributed by atoms with E-state index in [2.05, 4.69) is 24.0 Å². The van der Waals surface area contributed by atoms with E-state index in [-0.39, 0.29) is 18.2 Å². The van der Waals surface area contributed by atoms with Gasteiger partial charge in [-0.3, -0.25) is 9.59 Å². The van der Waals surface area contributed by atoms with E-state index in [0.717, 1.165) is 12.8 Å². The highest BCUT2D eigenvalue weighted by molar-refractivity contribution is 7.99. The minimum absolute atomic E-state index is 0.149. The van der Waals surface area contributed by atoms with Gasteiger partial charge in [0.1, 0.15) is 5.82 Å². The van der Waals surface area contributed by atoms with Crippen LogP contribution < -0.4 is 5.73 Å². The molecule has 1 aliphatic heterocycles. The van der Waals surface area contributed by atoms with Gasteiger partial charge < -0.3 is 15.2 Å². The van der Waals surface area contributed by atoms with Gasteiger partial charge in [-0.1, -0.05) is 11.8 Å². The van der Waals surface area contributed by atoms with Crippen molar-refractivity contribution in [3.63, 3.8) is 0 Å². The zero-order valence-electron chi connectivity index (χ0n) is 14.0. The monoisotopic (exact) mass is 339 g/mol. The molecule has 128 valence electrons. The molecule has 8 heteroatoms. The van der Waals surface area contributed by atoms with E-state index in [1.54, 1.807) is 0 Å². The van der Waals surface area contributed by atoms with E-state index >= 15 is 0 Å². The number of aromatic nitrogens is 3. The third-order valence-corrected chi connectivity index (χ3v) is 5.33. The second-order valence-corrected chi connectivity index (χ2v) is 7.09. The first-order valence-corrected chi connectivity index (χ1v) is 8.99. The van der Waals surface area contributed by atoms with E-state index in [0.29, 0.717) is 35.2 Å². The number of primary amides is 1. The average molecular weight is 339 g/mol. The second-order valence-electron chi connectivity index (χ2n) is 6.14. The lowest BCUT2D eigenvalue weighted by Crippen LogP contribution is -2.48. The van der Waals surface area contributed by atoms with Gasteiger partial charge in [0.05, 0.1) is 5.75 Å². The Morgan fingerprint density at radius 2 is 1.91 bits per heavy atom. The van der Waals surface area contributed by atoms with Gasteiger partial charge in [-0.2, -0.15) is 0 Å². The summed E-state index contributed by atoms with van der Waals surface area (Å²) in [6.45, 7) is 4.23. The number of carbonyl (C=O) groups excluding carboxylic acids is 2. The molecule has 1 aromatic rings. The van der Waals surface area contributed by atoms with Crippen LogP contribution in [0.1, 0.15) is 45.4 Å². The molecule has 1 fully saturated rings. The van der Waals surface area contributed by atoms with Crippen LogP contribution in [0, 0.1) is 0 Å². The fourth-order valence-electron chi connectivity index (χ4n) is 3.04. The molecule has 2 heterocycles. The van der Waals surface area contributed by atoms with E-state index in [4.69, 9.17) is 5.73 Å². The molecule has 0 aliphatic carbocycles.